The van der Waals surface area contributed by atoms with Gasteiger partial charge in [0.1, 0.15) is 5.82 Å². The minimum absolute atomic E-state index is 0.0959. The number of carbonyl (C=O) groups excluding carboxylic acids is 1. The highest BCUT2D eigenvalue weighted by Gasteiger charge is 2.41. The summed E-state index contributed by atoms with van der Waals surface area (Å²) in [5.74, 6) is -0.617. The van der Waals surface area contributed by atoms with Crippen LogP contribution < -0.4 is 5.32 Å². The summed E-state index contributed by atoms with van der Waals surface area (Å²) < 4.78 is 14.9. The molecule has 2 heterocycles. The first-order valence-corrected chi connectivity index (χ1v) is 9.60. The molecule has 0 saturated heterocycles. The predicted octanol–water partition coefficient (Wildman–Crippen LogP) is 5.57. The van der Waals surface area contributed by atoms with Crippen LogP contribution in [0.2, 0.25) is 0 Å². The average Bonchev–Trinajstić information content (AvgIpc) is 2.65. The van der Waals surface area contributed by atoms with E-state index in [9.17, 15) is 9.18 Å². The lowest BCUT2D eigenvalue weighted by Crippen LogP contribution is -2.34. The zero-order chi connectivity index (χ0) is 19.5. The number of nitrogens with zero attached hydrogens (tertiary/aromatic N) is 1. The number of carbonyl (C=O) groups is 1. The lowest BCUT2D eigenvalue weighted by molar-refractivity contribution is -0.118. The molecule has 0 bridgehead atoms. The number of hydrogen-bond donors (Lipinski definition) is 1. The van der Waals surface area contributed by atoms with E-state index in [2.05, 4.69) is 24.1 Å². The maximum absolute atomic E-state index is 14.9. The van der Waals surface area contributed by atoms with Gasteiger partial charge in [-0.05, 0) is 41.7 Å². The molecule has 5 rings (SSSR count). The van der Waals surface area contributed by atoms with Crippen molar-refractivity contribution in [3.05, 3.63) is 82.9 Å². The van der Waals surface area contributed by atoms with E-state index in [4.69, 9.17) is 0 Å². The fourth-order valence-electron chi connectivity index (χ4n) is 4.70. The van der Waals surface area contributed by atoms with E-state index >= 15 is 0 Å². The van der Waals surface area contributed by atoms with Crippen LogP contribution >= 0.6 is 0 Å². The smallest absolute Gasteiger partial charge is 0.162 e. The van der Waals surface area contributed by atoms with Gasteiger partial charge >= 0.3 is 0 Å². The van der Waals surface area contributed by atoms with E-state index in [1.54, 1.807) is 18.3 Å². The van der Waals surface area contributed by atoms with Crippen LogP contribution in [0.3, 0.4) is 0 Å². The molecule has 28 heavy (non-hydrogen) atoms. The van der Waals surface area contributed by atoms with Crippen molar-refractivity contribution >= 4 is 22.4 Å². The Kier molecular flexibility index (Phi) is 3.66. The quantitative estimate of drug-likeness (QED) is 0.607. The van der Waals surface area contributed by atoms with E-state index < -0.39 is 5.92 Å². The van der Waals surface area contributed by atoms with E-state index in [1.165, 1.54) is 6.07 Å². The van der Waals surface area contributed by atoms with Gasteiger partial charge in [-0.3, -0.25) is 9.78 Å². The molecular weight excluding hydrogens is 351 g/mol. The van der Waals surface area contributed by atoms with Crippen molar-refractivity contribution in [2.45, 2.75) is 32.6 Å². The third kappa shape index (κ3) is 2.55. The Balaban J connectivity index is 1.84. The molecule has 2 aromatic carbocycles. The number of fused-ring (bicyclic) bond motifs is 3. The van der Waals surface area contributed by atoms with Gasteiger partial charge in [-0.15, -0.1) is 0 Å². The van der Waals surface area contributed by atoms with Crippen LogP contribution in [0.4, 0.5) is 10.1 Å². The number of Topliss-reactive ketones (excluding diaryl/α,β-unsaturated/α-hetero) is 1. The molecule has 0 radical (unpaired) electrons. The molecule has 0 fully saturated rings. The molecular formula is C24H21FN2O. The van der Waals surface area contributed by atoms with E-state index in [1.807, 2.05) is 30.3 Å². The maximum Gasteiger partial charge on any atom is 0.162 e. The SMILES string of the molecule is CC1(C)CC(=O)C2=C(C1)Nc1ccc3ncccc3c1C2c1ccccc1F. The van der Waals surface area contributed by atoms with Crippen molar-refractivity contribution < 1.29 is 9.18 Å². The van der Waals surface area contributed by atoms with Gasteiger partial charge in [0.2, 0.25) is 0 Å². The minimum Gasteiger partial charge on any atom is -0.358 e. The summed E-state index contributed by atoms with van der Waals surface area (Å²) in [4.78, 5) is 17.7. The van der Waals surface area contributed by atoms with Crippen LogP contribution in [0, 0.1) is 11.2 Å². The molecule has 2 aliphatic rings. The summed E-state index contributed by atoms with van der Waals surface area (Å²) in [7, 11) is 0. The number of rotatable bonds is 1. The lowest BCUT2D eigenvalue weighted by Gasteiger charge is -2.40. The van der Waals surface area contributed by atoms with Crippen LogP contribution in [-0.4, -0.2) is 10.8 Å². The van der Waals surface area contributed by atoms with Gasteiger partial charge in [-0.1, -0.05) is 38.1 Å². The second kappa shape index (κ2) is 5.99. The number of benzene rings is 2. The summed E-state index contributed by atoms with van der Waals surface area (Å²) in [6.07, 6.45) is 2.99. The molecule has 1 aliphatic carbocycles. The first-order chi connectivity index (χ1) is 13.4. The highest BCUT2D eigenvalue weighted by molar-refractivity contribution is 6.04. The predicted molar refractivity (Wildman–Crippen MR) is 109 cm³/mol. The molecule has 1 aliphatic heterocycles. The van der Waals surface area contributed by atoms with Crippen LogP contribution in [0.1, 0.15) is 43.7 Å². The molecule has 3 aromatic rings. The normalized spacial score (nSPS) is 20.5. The van der Waals surface area contributed by atoms with E-state index in [0.29, 0.717) is 17.6 Å². The molecule has 1 unspecified atom stereocenters. The summed E-state index contributed by atoms with van der Waals surface area (Å²) in [5, 5.41) is 4.45. The van der Waals surface area contributed by atoms with Crippen LogP contribution in [0.5, 0.6) is 0 Å². The topological polar surface area (TPSA) is 42.0 Å². The van der Waals surface area contributed by atoms with Gasteiger partial charge in [-0.25, -0.2) is 4.39 Å². The van der Waals surface area contributed by atoms with Crippen molar-refractivity contribution in [2.75, 3.05) is 5.32 Å². The molecule has 4 heteroatoms. The summed E-state index contributed by atoms with van der Waals surface area (Å²) in [5.41, 5.74) is 4.76. The number of allylic oxidation sites excluding steroid dienone is 2. The standard InChI is InChI=1S/C24H21FN2O/c1-24(2)12-19-23(20(28)13-24)22(14-6-3-4-8-16(14)25)21-15-7-5-11-26-17(15)9-10-18(21)27-19/h3-11,22,27H,12-13H2,1-2H3. The Morgan fingerprint density at radius 1 is 1.07 bits per heavy atom. The Morgan fingerprint density at radius 2 is 1.89 bits per heavy atom. The third-order valence-electron chi connectivity index (χ3n) is 5.83. The first-order valence-electron chi connectivity index (χ1n) is 9.60. The second-order valence-electron chi connectivity index (χ2n) is 8.51. The number of anilines is 1. The molecule has 0 amide bonds. The number of hydrogen-bond acceptors (Lipinski definition) is 3. The molecule has 0 spiro atoms. The van der Waals surface area contributed by atoms with Crippen LogP contribution in [-0.2, 0) is 4.79 Å². The Morgan fingerprint density at radius 3 is 2.71 bits per heavy atom. The second-order valence-corrected chi connectivity index (χ2v) is 8.51. The minimum atomic E-state index is -0.427. The number of aromatic nitrogens is 1. The van der Waals surface area contributed by atoms with Crippen molar-refractivity contribution in [2.24, 2.45) is 5.41 Å². The number of ketones is 1. The molecule has 1 aromatic heterocycles. The number of pyridine rings is 1. The van der Waals surface area contributed by atoms with Crippen molar-refractivity contribution in [1.29, 1.82) is 0 Å². The number of halogens is 1. The van der Waals surface area contributed by atoms with Crippen molar-refractivity contribution in [3.8, 4) is 0 Å². The lowest BCUT2D eigenvalue weighted by atomic mass is 9.68. The highest BCUT2D eigenvalue weighted by atomic mass is 19.1. The van der Waals surface area contributed by atoms with E-state index in [-0.39, 0.29) is 17.0 Å². The summed E-state index contributed by atoms with van der Waals surface area (Å²) >= 11 is 0. The van der Waals surface area contributed by atoms with Gasteiger partial charge in [0, 0.05) is 46.4 Å². The monoisotopic (exact) mass is 372 g/mol. The molecule has 0 saturated carbocycles. The third-order valence-corrected chi connectivity index (χ3v) is 5.83. The average molecular weight is 372 g/mol. The van der Waals surface area contributed by atoms with Gasteiger partial charge in [0.15, 0.2) is 5.78 Å². The molecule has 3 nitrogen and oxygen atoms in total. The summed E-state index contributed by atoms with van der Waals surface area (Å²) in [6.45, 7) is 4.21. The largest absolute Gasteiger partial charge is 0.358 e. The zero-order valence-electron chi connectivity index (χ0n) is 15.9. The molecule has 1 N–H and O–H groups in total. The first kappa shape index (κ1) is 17.1. The molecule has 1 atom stereocenters. The fourth-order valence-corrected chi connectivity index (χ4v) is 4.70. The van der Waals surface area contributed by atoms with E-state index in [0.717, 1.165) is 34.3 Å². The fraction of sp³-hybridized carbons (Fsp3) is 0.250. The van der Waals surface area contributed by atoms with Crippen molar-refractivity contribution in [1.82, 2.24) is 4.98 Å². The van der Waals surface area contributed by atoms with Crippen LogP contribution in [0.15, 0.2) is 66.0 Å². The van der Waals surface area contributed by atoms with Gasteiger partial charge in [0.05, 0.1) is 5.52 Å². The summed E-state index contributed by atoms with van der Waals surface area (Å²) in [6, 6.07) is 14.6. The Bertz CT molecular complexity index is 1160. The van der Waals surface area contributed by atoms with Gasteiger partial charge in [0.25, 0.3) is 0 Å². The van der Waals surface area contributed by atoms with Gasteiger partial charge < -0.3 is 5.32 Å². The number of nitrogens with one attached hydrogen (secondary N) is 1. The highest BCUT2D eigenvalue weighted by Crippen LogP contribution is 2.50. The van der Waals surface area contributed by atoms with Crippen molar-refractivity contribution in [3.63, 3.8) is 0 Å². The van der Waals surface area contributed by atoms with Gasteiger partial charge in [-0.2, -0.15) is 0 Å². The Hall–Kier alpha value is -3.01. The Labute approximate surface area is 163 Å². The maximum atomic E-state index is 14.9. The van der Waals surface area contributed by atoms with Crippen LogP contribution in [0.25, 0.3) is 10.9 Å². The molecule has 140 valence electrons. The zero-order valence-corrected chi connectivity index (χ0v) is 15.9.